The first-order valence-electron chi connectivity index (χ1n) is 8.64. The molecule has 146 valence electrons. The molecule has 1 aromatic carbocycles. The van der Waals surface area contributed by atoms with Crippen LogP contribution in [0.5, 0.6) is 0 Å². The van der Waals surface area contributed by atoms with Crippen LogP contribution in [0, 0.1) is 11.6 Å². The van der Waals surface area contributed by atoms with Crippen molar-refractivity contribution in [3.63, 3.8) is 0 Å². The lowest BCUT2D eigenvalue weighted by atomic mass is 10.0. The smallest absolute Gasteiger partial charge is 0.225 e. The number of rotatable bonds is 7. The molecule has 0 aromatic heterocycles. The number of nitrogens with zero attached hydrogens (tertiary/aromatic N) is 1. The number of amides is 2. The van der Waals surface area contributed by atoms with E-state index in [1.54, 1.807) is 4.90 Å². The fourth-order valence-electron chi connectivity index (χ4n) is 3.22. The molecule has 1 aliphatic rings. The maximum absolute atomic E-state index is 14.1. The lowest BCUT2D eigenvalue weighted by molar-refractivity contribution is -0.134. The molecular weight excluding hydrogens is 364 g/mol. The van der Waals surface area contributed by atoms with Crippen molar-refractivity contribution >= 4 is 24.2 Å². The van der Waals surface area contributed by atoms with Crippen molar-refractivity contribution in [2.45, 2.75) is 45.2 Å². The summed E-state index contributed by atoms with van der Waals surface area (Å²) in [6, 6.07) is 2.46. The number of hydrogen-bond donors (Lipinski definition) is 2. The van der Waals surface area contributed by atoms with E-state index in [4.69, 9.17) is 0 Å². The number of nitrogens with one attached hydrogen (secondary N) is 2. The van der Waals surface area contributed by atoms with E-state index in [0.717, 1.165) is 38.1 Å². The molecule has 2 amide bonds. The van der Waals surface area contributed by atoms with Gasteiger partial charge in [-0.2, -0.15) is 0 Å². The molecule has 5 nitrogen and oxygen atoms in total. The summed E-state index contributed by atoms with van der Waals surface area (Å²) < 4.78 is 27.3. The van der Waals surface area contributed by atoms with E-state index in [1.807, 2.05) is 6.92 Å². The molecule has 0 radical (unpaired) electrons. The lowest BCUT2D eigenvalue weighted by Crippen LogP contribution is -2.43. The van der Waals surface area contributed by atoms with Gasteiger partial charge in [-0.3, -0.25) is 9.59 Å². The summed E-state index contributed by atoms with van der Waals surface area (Å²) in [6.07, 6.45) is 1.64. The van der Waals surface area contributed by atoms with Gasteiger partial charge in [0.05, 0.1) is 12.5 Å². The standard InChI is InChI=1S/C18H25F2N3O2.ClH/c1-3-8-23(14-6-7-21-11-14)18(25)10-17(22-12(2)24)15-5-4-13(19)9-16(15)20;/h4-5,9,14,17,21H,3,6-8,10-11H2,1-2H3,(H,22,24);1H. The van der Waals surface area contributed by atoms with Crippen molar-refractivity contribution in [1.82, 2.24) is 15.5 Å². The zero-order valence-corrected chi connectivity index (χ0v) is 15.9. The molecule has 0 aliphatic carbocycles. The summed E-state index contributed by atoms with van der Waals surface area (Å²) in [6.45, 7) is 5.52. The van der Waals surface area contributed by atoms with Crippen LogP contribution >= 0.6 is 12.4 Å². The van der Waals surface area contributed by atoms with E-state index < -0.39 is 17.7 Å². The van der Waals surface area contributed by atoms with Gasteiger partial charge in [-0.05, 0) is 25.5 Å². The van der Waals surface area contributed by atoms with E-state index in [9.17, 15) is 18.4 Å². The van der Waals surface area contributed by atoms with Crippen molar-refractivity contribution in [3.05, 3.63) is 35.4 Å². The van der Waals surface area contributed by atoms with E-state index in [1.165, 1.54) is 13.0 Å². The molecule has 1 heterocycles. The summed E-state index contributed by atoms with van der Waals surface area (Å²) in [5.41, 5.74) is 0.117. The number of carbonyl (C=O) groups excluding carboxylic acids is 2. The zero-order valence-electron chi connectivity index (χ0n) is 15.1. The number of carbonyl (C=O) groups is 2. The van der Waals surface area contributed by atoms with Gasteiger partial charge in [-0.25, -0.2) is 8.78 Å². The summed E-state index contributed by atoms with van der Waals surface area (Å²) in [5, 5.41) is 5.84. The Bertz CT molecular complexity index is 624. The van der Waals surface area contributed by atoms with Crippen LogP contribution in [0.15, 0.2) is 18.2 Å². The minimum atomic E-state index is -0.820. The van der Waals surface area contributed by atoms with Gasteiger partial charge in [0.1, 0.15) is 11.6 Å². The normalized spacial score (nSPS) is 17.3. The van der Waals surface area contributed by atoms with Crippen molar-refractivity contribution in [2.75, 3.05) is 19.6 Å². The monoisotopic (exact) mass is 389 g/mol. The summed E-state index contributed by atoms with van der Waals surface area (Å²) in [7, 11) is 0. The third-order valence-corrected chi connectivity index (χ3v) is 4.35. The predicted octanol–water partition coefficient (Wildman–Crippen LogP) is 2.55. The van der Waals surface area contributed by atoms with E-state index >= 15 is 0 Å². The van der Waals surface area contributed by atoms with Crippen LogP contribution in [-0.4, -0.2) is 42.4 Å². The third kappa shape index (κ3) is 5.92. The third-order valence-electron chi connectivity index (χ3n) is 4.35. The van der Waals surface area contributed by atoms with Crippen molar-refractivity contribution in [3.8, 4) is 0 Å². The second kappa shape index (κ2) is 10.4. The Morgan fingerprint density at radius 3 is 2.65 bits per heavy atom. The molecule has 0 saturated carbocycles. The molecule has 0 bridgehead atoms. The second-order valence-electron chi connectivity index (χ2n) is 6.36. The van der Waals surface area contributed by atoms with Crippen LogP contribution in [0.25, 0.3) is 0 Å². The predicted molar refractivity (Wildman–Crippen MR) is 98.1 cm³/mol. The number of halogens is 3. The van der Waals surface area contributed by atoms with Crippen LogP contribution in [0.2, 0.25) is 0 Å². The Labute approximate surface area is 158 Å². The first-order chi connectivity index (χ1) is 11.9. The largest absolute Gasteiger partial charge is 0.349 e. The molecule has 1 aromatic rings. The lowest BCUT2D eigenvalue weighted by Gasteiger charge is -2.30. The van der Waals surface area contributed by atoms with Gasteiger partial charge in [0.2, 0.25) is 11.8 Å². The van der Waals surface area contributed by atoms with Crippen LogP contribution in [-0.2, 0) is 9.59 Å². The van der Waals surface area contributed by atoms with E-state index in [-0.39, 0.29) is 42.2 Å². The minimum absolute atomic E-state index is 0. The van der Waals surface area contributed by atoms with Crippen LogP contribution in [0.4, 0.5) is 8.78 Å². The van der Waals surface area contributed by atoms with Gasteiger partial charge in [-0.15, -0.1) is 12.4 Å². The Morgan fingerprint density at radius 1 is 1.38 bits per heavy atom. The maximum Gasteiger partial charge on any atom is 0.225 e. The SMILES string of the molecule is CCCN(C(=O)CC(NC(C)=O)c1ccc(F)cc1F)C1CCNC1.Cl. The summed E-state index contributed by atoms with van der Waals surface area (Å²) >= 11 is 0. The highest BCUT2D eigenvalue weighted by Gasteiger charge is 2.29. The van der Waals surface area contributed by atoms with Crippen LogP contribution in [0.1, 0.15) is 44.7 Å². The van der Waals surface area contributed by atoms with Crippen molar-refractivity contribution in [1.29, 1.82) is 0 Å². The molecule has 0 spiro atoms. The van der Waals surface area contributed by atoms with E-state index in [2.05, 4.69) is 10.6 Å². The second-order valence-corrected chi connectivity index (χ2v) is 6.36. The maximum atomic E-state index is 14.1. The van der Waals surface area contributed by atoms with Crippen molar-refractivity contribution in [2.24, 2.45) is 0 Å². The summed E-state index contributed by atoms with van der Waals surface area (Å²) in [5.74, 6) is -1.97. The molecule has 2 unspecified atom stereocenters. The fraction of sp³-hybridized carbons (Fsp3) is 0.556. The average Bonchev–Trinajstić information content (AvgIpc) is 3.05. The molecule has 2 N–H and O–H groups in total. The molecule has 2 rings (SSSR count). The summed E-state index contributed by atoms with van der Waals surface area (Å²) in [4.78, 5) is 26.1. The molecule has 1 fully saturated rings. The number of hydrogen-bond acceptors (Lipinski definition) is 3. The Hall–Kier alpha value is -1.73. The molecule has 26 heavy (non-hydrogen) atoms. The first kappa shape index (κ1) is 22.3. The molecule has 1 aliphatic heterocycles. The van der Waals surface area contributed by atoms with Crippen molar-refractivity contribution < 1.29 is 18.4 Å². The van der Waals surface area contributed by atoms with Gasteiger partial charge in [0, 0.05) is 37.7 Å². The quantitative estimate of drug-likeness (QED) is 0.753. The van der Waals surface area contributed by atoms with Gasteiger partial charge in [0.15, 0.2) is 0 Å². The minimum Gasteiger partial charge on any atom is -0.349 e. The zero-order chi connectivity index (χ0) is 18.4. The van der Waals surface area contributed by atoms with Gasteiger partial charge in [-0.1, -0.05) is 13.0 Å². The molecule has 1 saturated heterocycles. The average molecular weight is 390 g/mol. The first-order valence-corrected chi connectivity index (χ1v) is 8.64. The Morgan fingerprint density at radius 2 is 2.12 bits per heavy atom. The molecular formula is C18H26ClF2N3O2. The van der Waals surface area contributed by atoms with Gasteiger partial charge in [0.25, 0.3) is 0 Å². The van der Waals surface area contributed by atoms with Crippen LogP contribution in [0.3, 0.4) is 0 Å². The van der Waals surface area contributed by atoms with Crippen LogP contribution < -0.4 is 10.6 Å². The molecule has 8 heteroatoms. The van der Waals surface area contributed by atoms with E-state index in [0.29, 0.717) is 6.54 Å². The Kier molecular flexibility index (Phi) is 8.95. The van der Waals surface area contributed by atoms with Gasteiger partial charge < -0.3 is 15.5 Å². The highest BCUT2D eigenvalue weighted by atomic mass is 35.5. The topological polar surface area (TPSA) is 61.4 Å². The highest BCUT2D eigenvalue weighted by molar-refractivity contribution is 5.85. The van der Waals surface area contributed by atoms with Gasteiger partial charge >= 0.3 is 0 Å². The highest BCUT2D eigenvalue weighted by Crippen LogP contribution is 2.23. The molecule has 2 atom stereocenters. The number of benzene rings is 1. The Balaban J connectivity index is 0.00000338. The fourth-order valence-corrected chi connectivity index (χ4v) is 3.22.